The van der Waals surface area contributed by atoms with Crippen molar-refractivity contribution in [2.45, 2.75) is 51.5 Å². The number of thioether (sulfide) groups is 1. The molecule has 1 atom stereocenters. The minimum absolute atomic E-state index is 0.283. The molecule has 0 aromatic carbocycles. The van der Waals surface area contributed by atoms with Gasteiger partial charge in [0.25, 0.3) is 0 Å². The second kappa shape index (κ2) is 10.1. The fraction of sp³-hybridized carbons (Fsp3) is 0.882. The monoisotopic (exact) mass is 340 g/mol. The van der Waals surface area contributed by atoms with Crippen LogP contribution < -0.4 is 10.6 Å². The number of rotatable bonds is 6. The number of hydrogen-bond acceptors (Lipinski definition) is 3. The van der Waals surface area contributed by atoms with Crippen LogP contribution in [0, 0.1) is 5.92 Å². The summed E-state index contributed by atoms with van der Waals surface area (Å²) in [6, 6.07) is 0.328. The molecule has 2 N–H and O–H groups in total. The molecule has 0 aromatic heterocycles. The summed E-state index contributed by atoms with van der Waals surface area (Å²) in [7, 11) is 0. The van der Waals surface area contributed by atoms with Crippen molar-refractivity contribution in [2.24, 2.45) is 10.9 Å². The van der Waals surface area contributed by atoms with Crippen LogP contribution in [0.1, 0.15) is 45.4 Å². The molecule has 0 aromatic rings. The van der Waals surface area contributed by atoms with Gasteiger partial charge in [0.1, 0.15) is 0 Å². The maximum atomic E-state index is 12.6. The van der Waals surface area contributed by atoms with Gasteiger partial charge in [0.2, 0.25) is 5.91 Å². The van der Waals surface area contributed by atoms with Crippen molar-refractivity contribution >= 4 is 23.6 Å². The minimum Gasteiger partial charge on any atom is -0.357 e. The van der Waals surface area contributed by atoms with E-state index in [4.69, 9.17) is 0 Å². The van der Waals surface area contributed by atoms with Crippen molar-refractivity contribution in [3.63, 3.8) is 0 Å². The molecule has 1 saturated carbocycles. The standard InChI is InChI=1S/C17H32N4OS/c1-3-18-17(19-10-12-23-2)20-15-9-11-21(13-15)16(22)14-7-5-4-6-8-14/h14-15H,3-13H2,1-2H3,(H2,18,19,20). The van der Waals surface area contributed by atoms with Gasteiger partial charge >= 0.3 is 0 Å². The third-order valence-electron chi connectivity index (χ3n) is 4.70. The van der Waals surface area contributed by atoms with E-state index in [1.807, 2.05) is 11.8 Å². The van der Waals surface area contributed by atoms with Gasteiger partial charge in [-0.25, -0.2) is 0 Å². The summed E-state index contributed by atoms with van der Waals surface area (Å²) in [5.41, 5.74) is 0. The number of nitrogens with zero attached hydrogens (tertiary/aromatic N) is 2. The van der Waals surface area contributed by atoms with Crippen LogP contribution in [0.3, 0.4) is 0 Å². The van der Waals surface area contributed by atoms with Crippen molar-refractivity contribution in [3.05, 3.63) is 0 Å². The van der Waals surface area contributed by atoms with Gasteiger partial charge in [-0.1, -0.05) is 19.3 Å². The average Bonchev–Trinajstić information content (AvgIpc) is 3.04. The van der Waals surface area contributed by atoms with Crippen LogP contribution in [0.15, 0.2) is 4.99 Å². The molecule has 2 fully saturated rings. The molecule has 1 unspecified atom stereocenters. The molecule has 1 amide bonds. The predicted octanol–water partition coefficient (Wildman–Crippen LogP) is 2.09. The van der Waals surface area contributed by atoms with Gasteiger partial charge in [0.05, 0.1) is 6.54 Å². The molecule has 1 heterocycles. The van der Waals surface area contributed by atoms with E-state index in [9.17, 15) is 4.79 Å². The average molecular weight is 341 g/mol. The Hall–Kier alpha value is -0.910. The zero-order chi connectivity index (χ0) is 16.5. The molecular formula is C17H32N4OS. The summed E-state index contributed by atoms with van der Waals surface area (Å²) in [6.07, 6.45) is 9.04. The maximum absolute atomic E-state index is 12.6. The normalized spacial score (nSPS) is 23.1. The molecule has 0 radical (unpaired) electrons. The van der Waals surface area contributed by atoms with Gasteiger partial charge in [0.15, 0.2) is 5.96 Å². The van der Waals surface area contributed by atoms with Gasteiger partial charge in [-0.15, -0.1) is 0 Å². The number of hydrogen-bond donors (Lipinski definition) is 2. The van der Waals surface area contributed by atoms with Crippen LogP contribution in [-0.2, 0) is 4.79 Å². The van der Waals surface area contributed by atoms with E-state index in [1.165, 1.54) is 19.3 Å². The number of amides is 1. The first kappa shape index (κ1) is 18.4. The summed E-state index contributed by atoms with van der Waals surface area (Å²) in [6.45, 7) is 5.48. The lowest BCUT2D eigenvalue weighted by atomic mass is 9.88. The number of nitrogens with one attached hydrogen (secondary N) is 2. The molecule has 132 valence electrons. The summed E-state index contributed by atoms with van der Waals surface area (Å²) < 4.78 is 0. The Morgan fingerprint density at radius 3 is 2.74 bits per heavy atom. The van der Waals surface area contributed by atoms with E-state index < -0.39 is 0 Å². The summed E-state index contributed by atoms with van der Waals surface area (Å²) in [4.78, 5) is 19.3. The molecule has 2 aliphatic rings. The number of guanidine groups is 1. The Bertz CT molecular complexity index is 396. The van der Waals surface area contributed by atoms with Crippen LogP contribution in [-0.4, -0.2) is 61.0 Å². The van der Waals surface area contributed by atoms with E-state index in [1.54, 1.807) is 0 Å². The largest absolute Gasteiger partial charge is 0.357 e. The molecule has 1 saturated heterocycles. The molecule has 1 aliphatic carbocycles. The third-order valence-corrected chi connectivity index (χ3v) is 5.30. The smallest absolute Gasteiger partial charge is 0.225 e. The maximum Gasteiger partial charge on any atom is 0.225 e. The lowest BCUT2D eigenvalue weighted by molar-refractivity contribution is -0.135. The molecule has 5 nitrogen and oxygen atoms in total. The third kappa shape index (κ3) is 5.90. The summed E-state index contributed by atoms with van der Waals surface area (Å²) >= 11 is 1.81. The summed E-state index contributed by atoms with van der Waals surface area (Å²) in [5.74, 6) is 2.59. The first-order chi connectivity index (χ1) is 11.2. The zero-order valence-electron chi connectivity index (χ0n) is 14.6. The van der Waals surface area contributed by atoms with Crippen LogP contribution in [0.5, 0.6) is 0 Å². The molecular weight excluding hydrogens is 308 g/mol. The molecule has 2 rings (SSSR count). The highest BCUT2D eigenvalue weighted by Gasteiger charge is 2.31. The van der Waals surface area contributed by atoms with Gasteiger partial charge in [-0.05, 0) is 32.4 Å². The summed E-state index contributed by atoms with van der Waals surface area (Å²) in [5, 5.41) is 6.80. The lowest BCUT2D eigenvalue weighted by Crippen LogP contribution is -2.45. The Labute approximate surface area is 145 Å². The number of carbonyl (C=O) groups is 1. The fourth-order valence-electron chi connectivity index (χ4n) is 3.45. The second-order valence-corrected chi connectivity index (χ2v) is 7.49. The van der Waals surface area contributed by atoms with Gasteiger partial charge in [0, 0.05) is 37.3 Å². The van der Waals surface area contributed by atoms with E-state index >= 15 is 0 Å². The zero-order valence-corrected chi connectivity index (χ0v) is 15.5. The highest BCUT2D eigenvalue weighted by molar-refractivity contribution is 7.98. The van der Waals surface area contributed by atoms with Crippen LogP contribution in [0.2, 0.25) is 0 Å². The number of carbonyl (C=O) groups excluding carboxylic acids is 1. The fourth-order valence-corrected chi connectivity index (χ4v) is 3.72. The second-order valence-electron chi connectivity index (χ2n) is 6.50. The first-order valence-corrected chi connectivity index (χ1v) is 10.5. The lowest BCUT2D eigenvalue weighted by Gasteiger charge is -2.26. The predicted molar refractivity (Wildman–Crippen MR) is 99.1 cm³/mol. The first-order valence-electron chi connectivity index (χ1n) is 9.07. The van der Waals surface area contributed by atoms with Crippen LogP contribution in [0.25, 0.3) is 0 Å². The Morgan fingerprint density at radius 2 is 2.04 bits per heavy atom. The van der Waals surface area contributed by atoms with E-state index in [-0.39, 0.29) is 5.92 Å². The Morgan fingerprint density at radius 1 is 1.26 bits per heavy atom. The SMILES string of the molecule is CCNC(=NCCSC)NC1CCN(C(=O)C2CCCCC2)C1. The van der Waals surface area contributed by atoms with E-state index in [2.05, 4.69) is 33.7 Å². The highest BCUT2D eigenvalue weighted by atomic mass is 32.2. The molecule has 6 heteroatoms. The van der Waals surface area contributed by atoms with Crippen LogP contribution >= 0.6 is 11.8 Å². The van der Waals surface area contributed by atoms with E-state index in [0.717, 1.165) is 57.2 Å². The van der Waals surface area contributed by atoms with Crippen molar-refractivity contribution in [3.8, 4) is 0 Å². The van der Waals surface area contributed by atoms with Gasteiger partial charge in [-0.3, -0.25) is 9.79 Å². The highest BCUT2D eigenvalue weighted by Crippen LogP contribution is 2.26. The number of aliphatic imine (C=N–C) groups is 1. The van der Waals surface area contributed by atoms with Gasteiger partial charge in [-0.2, -0.15) is 11.8 Å². The van der Waals surface area contributed by atoms with Crippen molar-refractivity contribution in [1.82, 2.24) is 15.5 Å². The van der Waals surface area contributed by atoms with Crippen molar-refractivity contribution in [2.75, 3.05) is 38.2 Å². The minimum atomic E-state index is 0.283. The Balaban J connectivity index is 1.80. The molecule has 0 bridgehead atoms. The van der Waals surface area contributed by atoms with Crippen molar-refractivity contribution < 1.29 is 4.79 Å². The molecule has 23 heavy (non-hydrogen) atoms. The van der Waals surface area contributed by atoms with Crippen LogP contribution in [0.4, 0.5) is 0 Å². The quantitative estimate of drug-likeness (QED) is 0.442. The van der Waals surface area contributed by atoms with Gasteiger partial charge < -0.3 is 15.5 Å². The van der Waals surface area contributed by atoms with E-state index in [0.29, 0.717) is 11.9 Å². The van der Waals surface area contributed by atoms with Crippen molar-refractivity contribution in [1.29, 1.82) is 0 Å². The molecule has 0 spiro atoms. The topological polar surface area (TPSA) is 56.7 Å². The number of likely N-dealkylation sites (tertiary alicyclic amines) is 1. The molecule has 1 aliphatic heterocycles. The Kier molecular flexibility index (Phi) is 8.06.